The molecule has 0 radical (unpaired) electrons. The molecule has 29 heavy (non-hydrogen) atoms. The van der Waals surface area contributed by atoms with Crippen molar-refractivity contribution >= 4 is 37.3 Å². The number of nitrogens with zero attached hydrogens (tertiary/aromatic N) is 2. The van der Waals surface area contributed by atoms with Gasteiger partial charge in [-0.3, -0.25) is 4.79 Å². The van der Waals surface area contributed by atoms with Crippen LogP contribution in [0.2, 0.25) is 0 Å². The molecule has 1 amide bonds. The van der Waals surface area contributed by atoms with Gasteiger partial charge in [0.25, 0.3) is 5.91 Å². The minimum Gasteiger partial charge on any atom is -0.383 e. The van der Waals surface area contributed by atoms with Gasteiger partial charge >= 0.3 is 0 Å². The summed E-state index contributed by atoms with van der Waals surface area (Å²) < 4.78 is 32.9. The Bertz CT molecular complexity index is 1190. The second-order valence-corrected chi connectivity index (χ2v) is 10.0. The Morgan fingerprint density at radius 2 is 1.83 bits per heavy atom. The van der Waals surface area contributed by atoms with Crippen LogP contribution in [0.5, 0.6) is 0 Å². The predicted octanol–water partition coefficient (Wildman–Crippen LogP) is 3.01. The molecular weight excluding hydrogens is 408 g/mol. The molecule has 0 spiro atoms. The number of benzene rings is 2. The summed E-state index contributed by atoms with van der Waals surface area (Å²) in [6.45, 7) is 5.06. The van der Waals surface area contributed by atoms with Crippen molar-refractivity contribution in [2.75, 3.05) is 19.5 Å². The van der Waals surface area contributed by atoms with E-state index in [2.05, 4.69) is 17.1 Å². The van der Waals surface area contributed by atoms with E-state index in [1.165, 1.54) is 11.3 Å². The number of carbonyl (C=O) groups is 1. The summed E-state index contributed by atoms with van der Waals surface area (Å²) in [6, 6.07) is 13.0. The van der Waals surface area contributed by atoms with Gasteiger partial charge in [0.2, 0.25) is 0 Å². The average Bonchev–Trinajstić information content (AvgIpc) is 2.96. The van der Waals surface area contributed by atoms with E-state index in [9.17, 15) is 13.2 Å². The van der Waals surface area contributed by atoms with E-state index < -0.39 is 21.5 Å². The van der Waals surface area contributed by atoms with E-state index in [1.54, 1.807) is 31.4 Å². The van der Waals surface area contributed by atoms with Gasteiger partial charge in [-0.1, -0.05) is 41.7 Å². The molecule has 3 rings (SSSR count). The lowest BCUT2D eigenvalue weighted by Crippen LogP contribution is -2.22. The predicted molar refractivity (Wildman–Crippen MR) is 116 cm³/mol. The van der Waals surface area contributed by atoms with Crippen molar-refractivity contribution in [3.8, 4) is 0 Å². The molecule has 3 aromatic rings. The van der Waals surface area contributed by atoms with Gasteiger partial charge in [-0.15, -0.1) is 0 Å². The number of methoxy groups -OCH3 is 1. The maximum Gasteiger partial charge on any atom is 0.263 e. The Labute approximate surface area is 174 Å². The lowest BCUT2D eigenvalue weighted by Gasteiger charge is -2.06. The Balaban J connectivity index is 1.92. The number of amides is 1. The highest BCUT2D eigenvalue weighted by molar-refractivity contribution is 7.91. The van der Waals surface area contributed by atoms with Crippen LogP contribution in [0, 0.1) is 13.8 Å². The first-order valence-corrected chi connectivity index (χ1v) is 11.8. The van der Waals surface area contributed by atoms with Crippen LogP contribution in [-0.4, -0.2) is 38.4 Å². The smallest absolute Gasteiger partial charge is 0.263 e. The molecule has 0 unspecified atom stereocenters. The third-order valence-corrected chi connectivity index (χ3v) is 7.11. The molecule has 2 aromatic carbocycles. The highest BCUT2D eigenvalue weighted by Gasteiger charge is 2.18. The van der Waals surface area contributed by atoms with Gasteiger partial charge in [-0.05, 0) is 42.7 Å². The van der Waals surface area contributed by atoms with Gasteiger partial charge in [-0.2, -0.15) is 4.99 Å². The van der Waals surface area contributed by atoms with Crippen LogP contribution < -0.4 is 4.80 Å². The van der Waals surface area contributed by atoms with Crippen molar-refractivity contribution in [3.63, 3.8) is 0 Å². The summed E-state index contributed by atoms with van der Waals surface area (Å²) in [5.74, 6) is -1.45. The summed E-state index contributed by atoms with van der Waals surface area (Å²) in [7, 11) is -1.99. The van der Waals surface area contributed by atoms with Gasteiger partial charge in [0.1, 0.15) is 5.75 Å². The van der Waals surface area contributed by atoms with Crippen molar-refractivity contribution < 1.29 is 17.9 Å². The second kappa shape index (κ2) is 9.02. The van der Waals surface area contributed by atoms with Gasteiger partial charge in [-0.25, -0.2) is 8.42 Å². The molecule has 0 aliphatic heterocycles. The van der Waals surface area contributed by atoms with Crippen LogP contribution in [0.1, 0.15) is 16.7 Å². The fourth-order valence-electron chi connectivity index (χ4n) is 3.01. The summed E-state index contributed by atoms with van der Waals surface area (Å²) in [5.41, 5.74) is 3.92. The van der Waals surface area contributed by atoms with E-state index in [-0.39, 0.29) is 5.75 Å². The SMILES string of the molecule is COCCn1c(=NC(=O)CS(=O)(=O)Cc2ccccc2)sc2cc(C)c(C)cc21. The van der Waals surface area contributed by atoms with Crippen molar-refractivity contribution in [3.05, 3.63) is 64.0 Å². The first kappa shape index (κ1) is 21.4. The summed E-state index contributed by atoms with van der Waals surface area (Å²) in [4.78, 5) is 17.1. The number of carbonyl (C=O) groups excluding carboxylic acids is 1. The fourth-order valence-corrected chi connectivity index (χ4v) is 5.41. The zero-order valence-electron chi connectivity index (χ0n) is 16.7. The summed E-state index contributed by atoms with van der Waals surface area (Å²) in [6.07, 6.45) is 0. The zero-order valence-corrected chi connectivity index (χ0v) is 18.3. The lowest BCUT2D eigenvalue weighted by molar-refractivity contribution is -0.115. The molecule has 1 aromatic heterocycles. The number of sulfone groups is 1. The average molecular weight is 433 g/mol. The number of rotatable bonds is 7. The van der Waals surface area contributed by atoms with E-state index in [0.717, 1.165) is 21.3 Å². The fraction of sp³-hybridized carbons (Fsp3) is 0.333. The standard InChI is InChI=1S/C21H24N2O4S2/c1-15-11-18-19(12-16(15)2)28-21(23(18)9-10-27-3)22-20(24)14-29(25,26)13-17-7-5-4-6-8-17/h4-8,11-12H,9-10,13-14H2,1-3H3. The summed E-state index contributed by atoms with van der Waals surface area (Å²) >= 11 is 1.38. The number of aromatic nitrogens is 1. The quantitative estimate of drug-likeness (QED) is 0.575. The maximum absolute atomic E-state index is 12.5. The van der Waals surface area contributed by atoms with Crippen LogP contribution in [0.3, 0.4) is 0 Å². The second-order valence-electron chi connectivity index (χ2n) is 6.96. The van der Waals surface area contributed by atoms with E-state index >= 15 is 0 Å². The van der Waals surface area contributed by atoms with Crippen molar-refractivity contribution in [1.82, 2.24) is 4.57 Å². The van der Waals surface area contributed by atoms with Crippen LogP contribution in [0.15, 0.2) is 47.5 Å². The highest BCUT2D eigenvalue weighted by Crippen LogP contribution is 2.22. The van der Waals surface area contributed by atoms with Gasteiger partial charge in [0.05, 0.1) is 22.6 Å². The van der Waals surface area contributed by atoms with Crippen LogP contribution in [-0.2, 0) is 31.7 Å². The molecule has 154 valence electrons. The monoisotopic (exact) mass is 432 g/mol. The van der Waals surface area contributed by atoms with Crippen LogP contribution in [0.4, 0.5) is 0 Å². The molecule has 1 heterocycles. The Morgan fingerprint density at radius 1 is 1.14 bits per heavy atom. The molecule has 0 aliphatic carbocycles. The molecule has 8 heteroatoms. The highest BCUT2D eigenvalue weighted by atomic mass is 32.2. The molecule has 0 N–H and O–H groups in total. The molecule has 6 nitrogen and oxygen atoms in total. The van der Waals surface area contributed by atoms with Gasteiger partial charge in [0, 0.05) is 13.7 Å². The zero-order chi connectivity index (χ0) is 21.0. The number of aryl methyl sites for hydroxylation is 2. The first-order chi connectivity index (χ1) is 13.8. The van der Waals surface area contributed by atoms with E-state index in [1.807, 2.05) is 24.5 Å². The molecule has 0 bridgehead atoms. The number of thiazole rings is 1. The number of hydrogen-bond acceptors (Lipinski definition) is 5. The molecule has 0 atom stereocenters. The van der Waals surface area contributed by atoms with Crippen molar-refractivity contribution in [1.29, 1.82) is 0 Å². The van der Waals surface area contributed by atoms with Gasteiger partial charge in [0.15, 0.2) is 14.6 Å². The largest absolute Gasteiger partial charge is 0.383 e. The van der Waals surface area contributed by atoms with Crippen LogP contribution in [0.25, 0.3) is 10.2 Å². The number of ether oxygens (including phenoxy) is 1. The van der Waals surface area contributed by atoms with Crippen molar-refractivity contribution in [2.24, 2.45) is 4.99 Å². The Hall–Kier alpha value is -2.29. The Morgan fingerprint density at radius 3 is 2.52 bits per heavy atom. The molecule has 0 aliphatic rings. The molecule has 0 saturated heterocycles. The normalized spacial score (nSPS) is 12.6. The van der Waals surface area contributed by atoms with Crippen LogP contribution >= 0.6 is 11.3 Å². The topological polar surface area (TPSA) is 77.7 Å². The minimum absolute atomic E-state index is 0.177. The minimum atomic E-state index is -3.60. The lowest BCUT2D eigenvalue weighted by atomic mass is 10.1. The third-order valence-electron chi connectivity index (χ3n) is 4.61. The summed E-state index contributed by atoms with van der Waals surface area (Å²) in [5, 5.41) is 0. The Kier molecular flexibility index (Phi) is 6.66. The first-order valence-electron chi connectivity index (χ1n) is 9.20. The van der Waals surface area contributed by atoms with Crippen molar-refractivity contribution in [2.45, 2.75) is 26.1 Å². The van der Waals surface area contributed by atoms with E-state index in [0.29, 0.717) is 23.5 Å². The van der Waals surface area contributed by atoms with E-state index in [4.69, 9.17) is 4.74 Å². The number of fused-ring (bicyclic) bond motifs is 1. The third kappa shape index (κ3) is 5.41. The molecular formula is C21H24N2O4S2. The molecule has 0 saturated carbocycles. The molecule has 0 fully saturated rings. The maximum atomic E-state index is 12.5. The number of hydrogen-bond donors (Lipinski definition) is 0. The van der Waals surface area contributed by atoms with Gasteiger partial charge < -0.3 is 9.30 Å².